The summed E-state index contributed by atoms with van der Waals surface area (Å²) in [5.74, 6) is 0.869. The number of aromatic amines is 1. The van der Waals surface area contributed by atoms with Crippen LogP contribution in [0.15, 0.2) is 46.5 Å². The molecule has 0 spiro atoms. The number of fused-ring (bicyclic) bond motifs is 1. The van der Waals surface area contributed by atoms with E-state index in [-0.39, 0.29) is 5.69 Å². The lowest BCUT2D eigenvalue weighted by atomic mass is 10.1. The topological polar surface area (TPSA) is 75.5 Å². The second-order valence-corrected chi connectivity index (χ2v) is 6.89. The number of benzene rings is 1. The first-order valence-corrected chi connectivity index (χ1v) is 9.26. The maximum atomic E-state index is 12.3. The van der Waals surface area contributed by atoms with E-state index in [4.69, 9.17) is 4.74 Å². The molecule has 1 aliphatic rings. The van der Waals surface area contributed by atoms with Gasteiger partial charge in [0.05, 0.1) is 19.4 Å². The highest BCUT2D eigenvalue weighted by molar-refractivity contribution is 7.99. The Morgan fingerprint density at radius 3 is 2.80 bits per heavy atom. The van der Waals surface area contributed by atoms with Crippen LogP contribution in [0.25, 0.3) is 16.8 Å². The van der Waals surface area contributed by atoms with Gasteiger partial charge in [-0.15, -0.1) is 0 Å². The van der Waals surface area contributed by atoms with E-state index in [1.807, 2.05) is 30.3 Å². The molecule has 0 saturated carbocycles. The number of nitrogens with one attached hydrogen (secondary N) is 1. The molecule has 0 aliphatic carbocycles. The molecule has 7 nitrogen and oxygen atoms in total. The standard InChI is InChI=1S/C17H19N5O2S/c23-17-20-16(25-11-8-21-6-9-24-10-7-21)19-15-14(12-18-22(15)17)13-4-2-1-3-5-13/h1-5,12H,6-11H2,(H,19,20,23). The van der Waals surface area contributed by atoms with Crippen LogP contribution >= 0.6 is 11.8 Å². The number of rotatable bonds is 5. The summed E-state index contributed by atoms with van der Waals surface area (Å²) in [5.41, 5.74) is 2.19. The van der Waals surface area contributed by atoms with Gasteiger partial charge in [0.2, 0.25) is 0 Å². The van der Waals surface area contributed by atoms with Crippen molar-refractivity contribution in [1.29, 1.82) is 0 Å². The number of ether oxygens (including phenoxy) is 1. The zero-order valence-electron chi connectivity index (χ0n) is 13.7. The van der Waals surface area contributed by atoms with Gasteiger partial charge in [-0.3, -0.25) is 9.88 Å². The Bertz CT molecular complexity index is 902. The van der Waals surface area contributed by atoms with Crippen LogP contribution in [-0.2, 0) is 4.74 Å². The minimum absolute atomic E-state index is 0.263. The zero-order valence-corrected chi connectivity index (χ0v) is 14.5. The molecule has 1 saturated heterocycles. The quantitative estimate of drug-likeness (QED) is 0.698. The summed E-state index contributed by atoms with van der Waals surface area (Å²) in [7, 11) is 0. The molecule has 0 radical (unpaired) electrons. The average Bonchev–Trinajstić information content (AvgIpc) is 3.08. The third-order valence-electron chi connectivity index (χ3n) is 4.19. The minimum atomic E-state index is -0.263. The van der Waals surface area contributed by atoms with Crippen molar-refractivity contribution in [2.24, 2.45) is 0 Å². The van der Waals surface area contributed by atoms with E-state index in [0.29, 0.717) is 10.8 Å². The van der Waals surface area contributed by atoms with Crippen LogP contribution in [0.4, 0.5) is 0 Å². The molecule has 0 bridgehead atoms. The molecule has 1 N–H and O–H groups in total. The number of morpholine rings is 1. The number of hydrogen-bond acceptors (Lipinski definition) is 6. The third-order valence-corrected chi connectivity index (χ3v) is 5.05. The molecule has 1 aliphatic heterocycles. The zero-order chi connectivity index (χ0) is 17.1. The average molecular weight is 357 g/mol. The molecule has 25 heavy (non-hydrogen) atoms. The highest BCUT2D eigenvalue weighted by Gasteiger charge is 2.13. The Kier molecular flexibility index (Phi) is 4.82. The number of hydrogen-bond donors (Lipinski definition) is 1. The molecular weight excluding hydrogens is 338 g/mol. The molecule has 1 aromatic carbocycles. The van der Waals surface area contributed by atoms with Crippen molar-refractivity contribution in [3.8, 4) is 11.1 Å². The lowest BCUT2D eigenvalue weighted by Crippen LogP contribution is -2.37. The monoisotopic (exact) mass is 357 g/mol. The summed E-state index contributed by atoms with van der Waals surface area (Å²) < 4.78 is 6.67. The number of H-pyrrole nitrogens is 1. The molecule has 8 heteroatoms. The van der Waals surface area contributed by atoms with E-state index in [1.54, 1.807) is 18.0 Å². The van der Waals surface area contributed by atoms with E-state index < -0.39 is 0 Å². The second kappa shape index (κ2) is 7.38. The predicted octanol–water partition coefficient (Wildman–Crippen LogP) is 1.51. The van der Waals surface area contributed by atoms with Gasteiger partial charge in [-0.25, -0.2) is 9.78 Å². The summed E-state index contributed by atoms with van der Waals surface area (Å²) in [6.45, 7) is 4.46. The maximum Gasteiger partial charge on any atom is 0.350 e. The fourth-order valence-corrected chi connectivity index (χ4v) is 3.71. The van der Waals surface area contributed by atoms with Crippen molar-refractivity contribution in [1.82, 2.24) is 24.5 Å². The third kappa shape index (κ3) is 3.60. The Morgan fingerprint density at radius 1 is 1.20 bits per heavy atom. The first kappa shape index (κ1) is 16.3. The Morgan fingerprint density at radius 2 is 2.00 bits per heavy atom. The van der Waals surface area contributed by atoms with Gasteiger partial charge in [0, 0.05) is 31.0 Å². The first-order valence-electron chi connectivity index (χ1n) is 8.27. The van der Waals surface area contributed by atoms with Crippen LogP contribution in [0, 0.1) is 0 Å². The molecule has 0 atom stereocenters. The van der Waals surface area contributed by atoms with Gasteiger partial charge in [-0.1, -0.05) is 42.1 Å². The van der Waals surface area contributed by atoms with Crippen LogP contribution in [0.1, 0.15) is 0 Å². The van der Waals surface area contributed by atoms with Crippen molar-refractivity contribution in [2.75, 3.05) is 38.6 Å². The fourth-order valence-electron chi connectivity index (χ4n) is 2.85. The summed E-state index contributed by atoms with van der Waals surface area (Å²) >= 11 is 1.56. The van der Waals surface area contributed by atoms with Gasteiger partial charge in [0.15, 0.2) is 10.8 Å². The van der Waals surface area contributed by atoms with E-state index in [0.717, 1.165) is 49.7 Å². The van der Waals surface area contributed by atoms with Gasteiger partial charge in [0.1, 0.15) is 0 Å². The molecule has 2 aromatic heterocycles. The molecule has 0 unspecified atom stereocenters. The van der Waals surface area contributed by atoms with Crippen LogP contribution in [-0.4, -0.2) is 63.1 Å². The summed E-state index contributed by atoms with van der Waals surface area (Å²) in [6, 6.07) is 9.87. The van der Waals surface area contributed by atoms with Gasteiger partial charge in [0.25, 0.3) is 0 Å². The highest BCUT2D eigenvalue weighted by atomic mass is 32.2. The Hall–Kier alpha value is -2.16. The first-order chi connectivity index (χ1) is 12.3. The fraction of sp³-hybridized carbons (Fsp3) is 0.353. The Balaban J connectivity index is 1.54. The molecule has 1 fully saturated rings. The van der Waals surface area contributed by atoms with Gasteiger partial charge >= 0.3 is 5.69 Å². The summed E-state index contributed by atoms with van der Waals surface area (Å²) in [5, 5.41) is 4.80. The summed E-state index contributed by atoms with van der Waals surface area (Å²) in [4.78, 5) is 22.1. The van der Waals surface area contributed by atoms with Gasteiger partial charge in [-0.05, 0) is 5.56 Å². The van der Waals surface area contributed by atoms with Crippen LogP contribution in [0.3, 0.4) is 0 Å². The van der Waals surface area contributed by atoms with Crippen molar-refractivity contribution in [2.45, 2.75) is 5.16 Å². The lowest BCUT2D eigenvalue weighted by Gasteiger charge is -2.26. The van der Waals surface area contributed by atoms with Crippen molar-refractivity contribution >= 4 is 17.4 Å². The second-order valence-electron chi connectivity index (χ2n) is 5.81. The van der Waals surface area contributed by atoms with Crippen molar-refractivity contribution < 1.29 is 4.74 Å². The SMILES string of the molecule is O=c1[nH]c(SCCN2CCOCC2)nc2c(-c3ccccc3)cnn12. The normalized spacial score (nSPS) is 15.7. The molecule has 0 amide bonds. The molecule has 3 aromatic rings. The lowest BCUT2D eigenvalue weighted by molar-refractivity contribution is 0.0410. The number of thioether (sulfide) groups is 1. The van der Waals surface area contributed by atoms with Crippen LogP contribution in [0.2, 0.25) is 0 Å². The van der Waals surface area contributed by atoms with E-state index in [2.05, 4.69) is 20.0 Å². The maximum absolute atomic E-state index is 12.3. The molecule has 130 valence electrons. The van der Waals surface area contributed by atoms with E-state index in [1.165, 1.54) is 4.52 Å². The minimum Gasteiger partial charge on any atom is -0.379 e. The Labute approximate surface area is 149 Å². The van der Waals surface area contributed by atoms with Crippen LogP contribution < -0.4 is 5.69 Å². The largest absolute Gasteiger partial charge is 0.379 e. The van der Waals surface area contributed by atoms with Crippen molar-refractivity contribution in [3.63, 3.8) is 0 Å². The number of aromatic nitrogens is 4. The van der Waals surface area contributed by atoms with Gasteiger partial charge in [-0.2, -0.15) is 9.61 Å². The summed E-state index contributed by atoms with van der Waals surface area (Å²) in [6.07, 6.45) is 1.69. The number of nitrogens with zero attached hydrogens (tertiary/aromatic N) is 4. The van der Waals surface area contributed by atoms with Crippen LogP contribution in [0.5, 0.6) is 0 Å². The van der Waals surface area contributed by atoms with E-state index >= 15 is 0 Å². The smallest absolute Gasteiger partial charge is 0.350 e. The predicted molar refractivity (Wildman–Crippen MR) is 97.0 cm³/mol. The highest BCUT2D eigenvalue weighted by Crippen LogP contribution is 2.23. The van der Waals surface area contributed by atoms with E-state index in [9.17, 15) is 4.79 Å². The van der Waals surface area contributed by atoms with Gasteiger partial charge < -0.3 is 4.74 Å². The molecule has 3 heterocycles. The van der Waals surface area contributed by atoms with Crippen molar-refractivity contribution in [3.05, 3.63) is 47.0 Å². The molecular formula is C17H19N5O2S. The molecule has 4 rings (SSSR count).